The van der Waals surface area contributed by atoms with Gasteiger partial charge in [-0.1, -0.05) is 0 Å². The van der Waals surface area contributed by atoms with Gasteiger partial charge in [-0.2, -0.15) is 0 Å². The van der Waals surface area contributed by atoms with Crippen LogP contribution in [0.3, 0.4) is 0 Å². The molecular formula is C10H11F2NO3. The first-order valence-electron chi connectivity index (χ1n) is 4.53. The van der Waals surface area contributed by atoms with Crippen molar-refractivity contribution in [2.75, 3.05) is 7.11 Å². The molecule has 0 aliphatic rings. The quantitative estimate of drug-likeness (QED) is 0.798. The van der Waals surface area contributed by atoms with E-state index in [4.69, 9.17) is 0 Å². The second kappa shape index (κ2) is 4.87. The predicted molar refractivity (Wildman–Crippen MR) is 52.5 cm³/mol. The maximum absolute atomic E-state index is 12.6. The Labute approximate surface area is 90.2 Å². The van der Waals surface area contributed by atoms with E-state index in [0.29, 0.717) is 0 Å². The fourth-order valence-electron chi connectivity index (χ4n) is 1.30. The van der Waals surface area contributed by atoms with Gasteiger partial charge in [0.2, 0.25) is 0 Å². The Kier molecular flexibility index (Phi) is 3.76. The van der Waals surface area contributed by atoms with Crippen molar-refractivity contribution >= 4 is 5.97 Å². The fourth-order valence-corrected chi connectivity index (χ4v) is 1.30. The second-order valence-electron chi connectivity index (χ2n) is 3.24. The van der Waals surface area contributed by atoms with Gasteiger partial charge >= 0.3 is 5.97 Å². The van der Waals surface area contributed by atoms with Crippen LogP contribution in [0.15, 0.2) is 11.0 Å². The number of carbonyl (C=O) groups is 1. The van der Waals surface area contributed by atoms with Gasteiger partial charge in [0, 0.05) is 17.5 Å². The van der Waals surface area contributed by atoms with Crippen LogP contribution >= 0.6 is 0 Å². The molecule has 0 saturated carbocycles. The molecule has 0 aliphatic carbocycles. The highest BCUT2D eigenvalue weighted by molar-refractivity contribution is 5.72. The summed E-state index contributed by atoms with van der Waals surface area (Å²) in [5, 5.41) is 0. The molecule has 1 N–H and O–H groups in total. The van der Waals surface area contributed by atoms with Crippen LogP contribution in [0.2, 0.25) is 0 Å². The van der Waals surface area contributed by atoms with Crippen LogP contribution in [0.1, 0.15) is 23.2 Å². The van der Waals surface area contributed by atoms with Crippen molar-refractivity contribution in [1.82, 2.24) is 4.98 Å². The van der Waals surface area contributed by atoms with Crippen LogP contribution < -0.4 is 5.43 Å². The molecule has 0 unspecified atom stereocenters. The van der Waals surface area contributed by atoms with E-state index in [2.05, 4.69) is 9.72 Å². The van der Waals surface area contributed by atoms with Crippen LogP contribution in [-0.4, -0.2) is 18.1 Å². The number of carbonyl (C=O) groups excluding carboxylic acids is 1. The zero-order valence-electron chi connectivity index (χ0n) is 8.84. The Bertz CT molecular complexity index is 454. The topological polar surface area (TPSA) is 59.2 Å². The number of nitrogens with one attached hydrogen (secondary N) is 1. The molecule has 16 heavy (non-hydrogen) atoms. The minimum Gasteiger partial charge on any atom is -0.469 e. The average molecular weight is 231 g/mol. The third-order valence-electron chi connectivity index (χ3n) is 2.18. The van der Waals surface area contributed by atoms with Gasteiger partial charge in [-0.05, 0) is 6.92 Å². The molecule has 0 amide bonds. The van der Waals surface area contributed by atoms with Gasteiger partial charge in [0.05, 0.1) is 19.1 Å². The molecule has 0 radical (unpaired) electrons. The highest BCUT2D eigenvalue weighted by Crippen LogP contribution is 2.17. The van der Waals surface area contributed by atoms with Crippen molar-refractivity contribution in [2.24, 2.45) is 0 Å². The van der Waals surface area contributed by atoms with Crippen LogP contribution in [0, 0.1) is 6.92 Å². The van der Waals surface area contributed by atoms with Crippen molar-refractivity contribution in [2.45, 2.75) is 19.8 Å². The largest absolute Gasteiger partial charge is 0.469 e. The molecule has 0 saturated heterocycles. The number of methoxy groups -OCH3 is 1. The first-order chi connectivity index (χ1) is 7.47. The predicted octanol–water partition coefficient (Wildman–Crippen LogP) is 1.34. The lowest BCUT2D eigenvalue weighted by Crippen LogP contribution is -2.20. The first kappa shape index (κ1) is 12.4. The van der Waals surface area contributed by atoms with Crippen LogP contribution in [-0.2, 0) is 16.0 Å². The van der Waals surface area contributed by atoms with Crippen LogP contribution in [0.25, 0.3) is 0 Å². The van der Waals surface area contributed by atoms with E-state index >= 15 is 0 Å². The van der Waals surface area contributed by atoms with Gasteiger partial charge in [0.1, 0.15) is 0 Å². The molecular weight excluding hydrogens is 220 g/mol. The maximum atomic E-state index is 12.6. The SMILES string of the molecule is COC(=O)Cc1c[nH]c(C)c(C(F)F)c1=O. The van der Waals surface area contributed by atoms with Gasteiger partial charge in [-0.3, -0.25) is 9.59 Å². The summed E-state index contributed by atoms with van der Waals surface area (Å²) in [6, 6.07) is 0. The van der Waals surface area contributed by atoms with Crippen molar-refractivity contribution in [3.05, 3.63) is 33.2 Å². The molecule has 88 valence electrons. The lowest BCUT2D eigenvalue weighted by Gasteiger charge is -2.06. The monoisotopic (exact) mass is 231 g/mol. The summed E-state index contributed by atoms with van der Waals surface area (Å²) in [7, 11) is 1.17. The summed E-state index contributed by atoms with van der Waals surface area (Å²) in [4.78, 5) is 25.0. The van der Waals surface area contributed by atoms with Gasteiger partial charge in [0.15, 0.2) is 5.43 Å². The summed E-state index contributed by atoms with van der Waals surface area (Å²) < 4.78 is 29.5. The molecule has 1 aromatic rings. The smallest absolute Gasteiger partial charge is 0.310 e. The Hall–Kier alpha value is -1.72. The molecule has 0 fully saturated rings. The van der Waals surface area contributed by atoms with Crippen molar-refractivity contribution < 1.29 is 18.3 Å². The Morgan fingerprint density at radius 2 is 2.19 bits per heavy atom. The first-order valence-corrected chi connectivity index (χ1v) is 4.53. The average Bonchev–Trinajstić information content (AvgIpc) is 2.21. The minimum atomic E-state index is -2.86. The third kappa shape index (κ3) is 2.44. The summed E-state index contributed by atoms with van der Waals surface area (Å²) >= 11 is 0. The summed E-state index contributed by atoms with van der Waals surface area (Å²) in [6.45, 7) is 1.38. The van der Waals surface area contributed by atoms with E-state index < -0.39 is 23.4 Å². The van der Waals surface area contributed by atoms with E-state index in [1.54, 1.807) is 0 Å². The normalized spacial score (nSPS) is 10.6. The lowest BCUT2D eigenvalue weighted by atomic mass is 10.1. The van der Waals surface area contributed by atoms with E-state index in [-0.39, 0.29) is 17.7 Å². The molecule has 0 aromatic carbocycles. The van der Waals surface area contributed by atoms with Crippen molar-refractivity contribution in [3.8, 4) is 0 Å². The Morgan fingerprint density at radius 1 is 1.56 bits per heavy atom. The second-order valence-corrected chi connectivity index (χ2v) is 3.24. The zero-order chi connectivity index (χ0) is 12.3. The third-order valence-corrected chi connectivity index (χ3v) is 2.18. The molecule has 0 atom stereocenters. The number of H-pyrrole nitrogens is 1. The Morgan fingerprint density at radius 3 is 2.69 bits per heavy atom. The van der Waals surface area contributed by atoms with Crippen molar-refractivity contribution in [3.63, 3.8) is 0 Å². The molecule has 4 nitrogen and oxygen atoms in total. The number of alkyl halides is 2. The van der Waals surface area contributed by atoms with Crippen LogP contribution in [0.4, 0.5) is 8.78 Å². The highest BCUT2D eigenvalue weighted by atomic mass is 19.3. The molecule has 0 spiro atoms. The number of aryl methyl sites for hydroxylation is 1. The molecule has 0 bridgehead atoms. The number of hydrogen-bond donors (Lipinski definition) is 1. The molecule has 1 aromatic heterocycles. The maximum Gasteiger partial charge on any atom is 0.310 e. The van der Waals surface area contributed by atoms with E-state index in [9.17, 15) is 18.4 Å². The highest BCUT2D eigenvalue weighted by Gasteiger charge is 2.19. The van der Waals surface area contributed by atoms with Gasteiger partial charge in [0.25, 0.3) is 6.43 Å². The summed E-state index contributed by atoms with van der Waals surface area (Å²) in [5.74, 6) is -0.644. The lowest BCUT2D eigenvalue weighted by molar-refractivity contribution is -0.139. The number of aromatic amines is 1. The summed E-state index contributed by atoms with van der Waals surface area (Å²) in [6.07, 6.45) is -1.92. The van der Waals surface area contributed by atoms with E-state index in [1.165, 1.54) is 20.2 Å². The zero-order valence-corrected chi connectivity index (χ0v) is 8.84. The van der Waals surface area contributed by atoms with Crippen molar-refractivity contribution in [1.29, 1.82) is 0 Å². The molecule has 6 heteroatoms. The Balaban J connectivity index is 3.19. The number of halogens is 2. The van der Waals surface area contributed by atoms with E-state index in [0.717, 1.165) is 0 Å². The number of rotatable bonds is 3. The van der Waals surface area contributed by atoms with Gasteiger partial charge in [-0.15, -0.1) is 0 Å². The number of esters is 1. The summed E-state index contributed by atoms with van der Waals surface area (Å²) in [5.41, 5.74) is -1.32. The van der Waals surface area contributed by atoms with Gasteiger partial charge < -0.3 is 9.72 Å². The van der Waals surface area contributed by atoms with Gasteiger partial charge in [-0.25, -0.2) is 8.78 Å². The number of ether oxygens (including phenoxy) is 1. The van der Waals surface area contributed by atoms with E-state index in [1.807, 2.05) is 0 Å². The minimum absolute atomic E-state index is 0.0206. The number of pyridine rings is 1. The molecule has 1 rings (SSSR count). The molecule has 0 aliphatic heterocycles. The number of hydrogen-bond acceptors (Lipinski definition) is 3. The number of aromatic nitrogens is 1. The standard InChI is InChI=1S/C10H11F2NO3/c1-5-8(10(11)12)9(15)6(4-13-5)3-7(14)16-2/h4,10H,3H2,1-2H3,(H,13,15). The van der Waals surface area contributed by atoms with Crippen LogP contribution in [0.5, 0.6) is 0 Å². The fraction of sp³-hybridized carbons (Fsp3) is 0.400. The molecule has 1 heterocycles.